The lowest BCUT2D eigenvalue weighted by atomic mass is 10.2. The molecule has 3 rings (SSSR count). The zero-order valence-electron chi connectivity index (χ0n) is 10.6. The van der Waals surface area contributed by atoms with Crippen LogP contribution in [0.3, 0.4) is 0 Å². The second-order valence-corrected chi connectivity index (χ2v) is 5.66. The molecule has 20 heavy (non-hydrogen) atoms. The van der Waals surface area contributed by atoms with Gasteiger partial charge in [-0.2, -0.15) is 0 Å². The summed E-state index contributed by atoms with van der Waals surface area (Å²) in [5.74, 6) is 0. The summed E-state index contributed by atoms with van der Waals surface area (Å²) in [4.78, 5) is 9.67. The van der Waals surface area contributed by atoms with Gasteiger partial charge in [0.05, 0.1) is 5.52 Å². The van der Waals surface area contributed by atoms with Gasteiger partial charge in [-0.15, -0.1) is 0 Å². The summed E-state index contributed by atoms with van der Waals surface area (Å²) >= 11 is 7.75. The fraction of sp³-hybridized carbons (Fsp3) is 0.0667. The fourth-order valence-corrected chi connectivity index (χ4v) is 3.36. The molecule has 0 aliphatic heterocycles. The lowest BCUT2D eigenvalue weighted by Crippen LogP contribution is -1.99. The number of rotatable bonds is 3. The minimum absolute atomic E-state index is 0.408. The molecule has 3 nitrogen and oxygen atoms in total. The molecule has 0 atom stereocenters. The van der Waals surface area contributed by atoms with Crippen molar-refractivity contribution in [2.24, 2.45) is 5.73 Å². The molecule has 0 aliphatic carbocycles. The zero-order chi connectivity index (χ0) is 13.9. The van der Waals surface area contributed by atoms with Crippen LogP contribution in [-0.4, -0.2) is 9.97 Å². The summed E-state index contributed by atoms with van der Waals surface area (Å²) in [6.45, 7) is 0.408. The number of nitrogens with two attached hydrogens (primary N) is 1. The molecule has 0 amide bonds. The molecule has 5 heteroatoms. The van der Waals surface area contributed by atoms with Gasteiger partial charge < -0.3 is 5.73 Å². The normalized spacial score (nSPS) is 10.9. The smallest absolute Gasteiger partial charge is 0.117 e. The Hall–Kier alpha value is -1.62. The zero-order valence-corrected chi connectivity index (χ0v) is 12.2. The maximum Gasteiger partial charge on any atom is 0.117 e. The van der Waals surface area contributed by atoms with Gasteiger partial charge in [0.1, 0.15) is 11.4 Å². The second kappa shape index (κ2) is 5.79. The highest BCUT2D eigenvalue weighted by molar-refractivity contribution is 7.99. The van der Waals surface area contributed by atoms with Gasteiger partial charge in [-0.05, 0) is 23.8 Å². The third-order valence-corrected chi connectivity index (χ3v) is 4.47. The average Bonchev–Trinajstić information content (AvgIpc) is 2.48. The second-order valence-electron chi connectivity index (χ2n) is 4.22. The summed E-state index contributed by atoms with van der Waals surface area (Å²) < 4.78 is 0. The van der Waals surface area contributed by atoms with E-state index in [1.807, 2.05) is 42.5 Å². The Bertz CT molecular complexity index is 756. The molecule has 0 bridgehead atoms. The Morgan fingerprint density at radius 1 is 1.05 bits per heavy atom. The maximum absolute atomic E-state index is 6.19. The average molecular weight is 302 g/mol. The van der Waals surface area contributed by atoms with Gasteiger partial charge in [0.2, 0.25) is 0 Å². The first-order valence-electron chi connectivity index (χ1n) is 6.14. The van der Waals surface area contributed by atoms with Gasteiger partial charge in [0.15, 0.2) is 0 Å². The number of halogens is 1. The molecule has 0 unspecified atom stereocenters. The summed E-state index contributed by atoms with van der Waals surface area (Å²) in [5.41, 5.74) is 7.67. The van der Waals surface area contributed by atoms with E-state index >= 15 is 0 Å². The van der Waals surface area contributed by atoms with Gasteiger partial charge in [0.25, 0.3) is 0 Å². The van der Waals surface area contributed by atoms with Crippen molar-refractivity contribution >= 4 is 34.3 Å². The van der Waals surface area contributed by atoms with Crippen molar-refractivity contribution < 1.29 is 0 Å². The molecule has 100 valence electrons. The van der Waals surface area contributed by atoms with Crippen LogP contribution in [0.15, 0.2) is 58.7 Å². The lowest BCUT2D eigenvalue weighted by Gasteiger charge is -2.09. The first-order chi connectivity index (χ1) is 9.79. The number of hydrogen-bond donors (Lipinski definition) is 1. The van der Waals surface area contributed by atoms with E-state index in [9.17, 15) is 0 Å². The van der Waals surface area contributed by atoms with Gasteiger partial charge in [-0.25, -0.2) is 9.97 Å². The Morgan fingerprint density at radius 2 is 1.90 bits per heavy atom. The van der Waals surface area contributed by atoms with Crippen LogP contribution in [-0.2, 0) is 6.54 Å². The SMILES string of the molecule is NCc1c(Cl)cccc1Sc1ncnc2ccccc12. The minimum atomic E-state index is 0.408. The number of aromatic nitrogens is 2. The van der Waals surface area contributed by atoms with Crippen LogP contribution in [0, 0.1) is 0 Å². The number of benzene rings is 2. The van der Waals surface area contributed by atoms with E-state index < -0.39 is 0 Å². The van der Waals surface area contributed by atoms with Crippen LogP contribution < -0.4 is 5.73 Å². The van der Waals surface area contributed by atoms with Crippen molar-refractivity contribution in [3.63, 3.8) is 0 Å². The van der Waals surface area contributed by atoms with Gasteiger partial charge in [-0.3, -0.25) is 0 Å². The lowest BCUT2D eigenvalue weighted by molar-refractivity contribution is 1.02. The molecule has 0 fully saturated rings. The van der Waals surface area contributed by atoms with Crippen LogP contribution in [0.1, 0.15) is 5.56 Å². The highest BCUT2D eigenvalue weighted by Gasteiger charge is 2.10. The summed E-state index contributed by atoms with van der Waals surface area (Å²) in [6.07, 6.45) is 1.58. The fourth-order valence-electron chi connectivity index (χ4n) is 2.00. The standard InChI is InChI=1S/C15H12ClN3S/c16-12-5-3-7-14(11(12)8-17)20-15-10-4-1-2-6-13(10)18-9-19-15/h1-7,9H,8,17H2. The number of nitrogens with zero attached hydrogens (tertiary/aromatic N) is 2. The van der Waals surface area contributed by atoms with Crippen molar-refractivity contribution in [2.75, 3.05) is 0 Å². The van der Waals surface area contributed by atoms with Crippen molar-refractivity contribution in [2.45, 2.75) is 16.5 Å². The van der Waals surface area contributed by atoms with Gasteiger partial charge in [-0.1, -0.05) is 47.6 Å². The van der Waals surface area contributed by atoms with Crippen LogP contribution >= 0.6 is 23.4 Å². The first-order valence-corrected chi connectivity index (χ1v) is 7.34. The minimum Gasteiger partial charge on any atom is -0.326 e. The van der Waals surface area contributed by atoms with Crippen molar-refractivity contribution in [1.29, 1.82) is 0 Å². The van der Waals surface area contributed by atoms with Crippen LogP contribution in [0.5, 0.6) is 0 Å². The molecular formula is C15H12ClN3S. The topological polar surface area (TPSA) is 51.8 Å². The molecule has 0 saturated carbocycles. The molecule has 1 heterocycles. The molecule has 2 N–H and O–H groups in total. The van der Waals surface area contributed by atoms with Gasteiger partial charge >= 0.3 is 0 Å². The third-order valence-electron chi connectivity index (χ3n) is 2.99. The van der Waals surface area contributed by atoms with Crippen LogP contribution in [0.25, 0.3) is 10.9 Å². The number of para-hydroxylation sites is 1. The number of fused-ring (bicyclic) bond motifs is 1. The maximum atomic E-state index is 6.19. The van der Waals surface area contributed by atoms with E-state index in [1.54, 1.807) is 18.1 Å². The first kappa shape index (κ1) is 13.4. The summed E-state index contributed by atoms with van der Waals surface area (Å²) in [7, 11) is 0. The quantitative estimate of drug-likeness (QED) is 0.746. The van der Waals surface area contributed by atoms with E-state index in [1.165, 1.54) is 0 Å². The predicted molar refractivity (Wildman–Crippen MR) is 83.0 cm³/mol. The summed E-state index contributed by atoms with van der Waals surface area (Å²) in [6, 6.07) is 13.7. The molecule has 0 spiro atoms. The van der Waals surface area contributed by atoms with Crippen LogP contribution in [0.2, 0.25) is 5.02 Å². The summed E-state index contributed by atoms with van der Waals surface area (Å²) in [5, 5.41) is 2.63. The van der Waals surface area contributed by atoms with Crippen LogP contribution in [0.4, 0.5) is 0 Å². The number of hydrogen-bond acceptors (Lipinski definition) is 4. The highest BCUT2D eigenvalue weighted by Crippen LogP contribution is 2.35. The Kier molecular flexibility index (Phi) is 3.87. The monoisotopic (exact) mass is 301 g/mol. The van der Waals surface area contributed by atoms with Crippen molar-refractivity contribution in [1.82, 2.24) is 9.97 Å². The molecule has 3 aromatic rings. The molecule has 0 aliphatic rings. The van der Waals surface area contributed by atoms with Gasteiger partial charge in [0, 0.05) is 21.8 Å². The predicted octanol–water partition coefficient (Wildman–Crippen LogP) is 3.89. The Labute approximate surface area is 126 Å². The molecule has 2 aromatic carbocycles. The Balaban J connectivity index is 2.08. The third kappa shape index (κ3) is 2.50. The van der Waals surface area contributed by atoms with E-state index in [2.05, 4.69) is 9.97 Å². The van der Waals surface area contributed by atoms with E-state index in [4.69, 9.17) is 17.3 Å². The molecule has 1 aromatic heterocycles. The van der Waals surface area contributed by atoms with E-state index in [0.29, 0.717) is 11.6 Å². The molecule has 0 saturated heterocycles. The van der Waals surface area contributed by atoms with E-state index in [0.717, 1.165) is 26.4 Å². The molecular weight excluding hydrogens is 290 g/mol. The van der Waals surface area contributed by atoms with E-state index in [-0.39, 0.29) is 0 Å². The van der Waals surface area contributed by atoms with Crippen molar-refractivity contribution in [3.8, 4) is 0 Å². The Morgan fingerprint density at radius 3 is 2.75 bits per heavy atom. The van der Waals surface area contributed by atoms with Crippen molar-refractivity contribution in [3.05, 3.63) is 59.4 Å². The molecule has 0 radical (unpaired) electrons. The highest BCUT2D eigenvalue weighted by atomic mass is 35.5. The largest absolute Gasteiger partial charge is 0.326 e.